The molecule has 0 aliphatic rings. The highest BCUT2D eigenvalue weighted by molar-refractivity contribution is 7.84. The van der Waals surface area contributed by atoms with E-state index in [2.05, 4.69) is 0 Å². The second kappa shape index (κ2) is 5.75. The molecule has 2 aromatic rings. The third-order valence-corrected chi connectivity index (χ3v) is 4.06. The number of halogens is 4. The Balaban J connectivity index is 2.26. The minimum atomic E-state index is -4.48. The second-order valence-electron chi connectivity index (χ2n) is 4.10. The van der Waals surface area contributed by atoms with Gasteiger partial charge in [-0.1, -0.05) is 18.2 Å². The van der Waals surface area contributed by atoms with Crippen molar-refractivity contribution in [3.05, 3.63) is 65.5 Å². The number of hydrogen-bond donors (Lipinski definition) is 0. The molecule has 0 spiro atoms. The van der Waals surface area contributed by atoms with Gasteiger partial charge in [-0.05, 0) is 35.9 Å². The molecule has 106 valence electrons. The molecule has 0 aliphatic heterocycles. The summed E-state index contributed by atoms with van der Waals surface area (Å²) in [4.78, 5) is 0.295. The Morgan fingerprint density at radius 1 is 0.950 bits per heavy atom. The molecule has 0 amide bonds. The summed E-state index contributed by atoms with van der Waals surface area (Å²) in [6.45, 7) is 0. The van der Waals surface area contributed by atoms with E-state index in [0.717, 1.165) is 18.2 Å². The lowest BCUT2D eigenvalue weighted by molar-refractivity contribution is -0.138. The molecule has 2 rings (SSSR count). The lowest BCUT2D eigenvalue weighted by atomic mass is 10.1. The van der Waals surface area contributed by atoms with Crippen LogP contribution in [0.3, 0.4) is 0 Å². The second-order valence-corrected chi connectivity index (χ2v) is 5.55. The van der Waals surface area contributed by atoms with Crippen LogP contribution in [0.4, 0.5) is 17.6 Å². The average Bonchev–Trinajstić information content (AvgIpc) is 2.38. The van der Waals surface area contributed by atoms with Gasteiger partial charge in [0.1, 0.15) is 5.82 Å². The maximum Gasteiger partial charge on any atom is 0.416 e. The van der Waals surface area contributed by atoms with Crippen LogP contribution < -0.4 is 0 Å². The van der Waals surface area contributed by atoms with E-state index in [1.54, 1.807) is 0 Å². The van der Waals surface area contributed by atoms with Crippen molar-refractivity contribution in [1.82, 2.24) is 0 Å². The minimum absolute atomic E-state index is 0.0392. The molecule has 20 heavy (non-hydrogen) atoms. The zero-order valence-electron chi connectivity index (χ0n) is 10.2. The van der Waals surface area contributed by atoms with Gasteiger partial charge in [-0.2, -0.15) is 13.2 Å². The fraction of sp³-hybridized carbons (Fsp3) is 0.143. The van der Waals surface area contributed by atoms with E-state index in [9.17, 15) is 21.8 Å². The van der Waals surface area contributed by atoms with Crippen LogP contribution >= 0.6 is 0 Å². The standard InChI is InChI=1S/C14H10F4OS/c15-11-5-7-12(8-6-11)20(19)9-10-3-1-2-4-13(10)14(16,17)18/h1-8H,9H2. The fourth-order valence-corrected chi connectivity index (χ4v) is 2.87. The van der Waals surface area contributed by atoms with Crippen molar-refractivity contribution in [1.29, 1.82) is 0 Å². The van der Waals surface area contributed by atoms with E-state index in [-0.39, 0.29) is 11.3 Å². The highest BCUT2D eigenvalue weighted by Gasteiger charge is 2.33. The van der Waals surface area contributed by atoms with Gasteiger partial charge in [0.25, 0.3) is 0 Å². The summed E-state index contributed by atoms with van der Waals surface area (Å²) in [6.07, 6.45) is -4.48. The largest absolute Gasteiger partial charge is 0.416 e. The van der Waals surface area contributed by atoms with Crippen LogP contribution in [0, 0.1) is 5.82 Å². The molecule has 6 heteroatoms. The molecule has 0 aliphatic carbocycles. The van der Waals surface area contributed by atoms with Gasteiger partial charge in [-0.25, -0.2) is 4.39 Å². The highest BCUT2D eigenvalue weighted by Crippen LogP contribution is 2.32. The predicted octanol–water partition coefficient (Wildman–Crippen LogP) is 4.15. The molecule has 1 unspecified atom stereocenters. The summed E-state index contributed by atoms with van der Waals surface area (Å²) in [5.74, 6) is -0.747. The summed E-state index contributed by atoms with van der Waals surface area (Å²) in [5, 5.41) is 0. The highest BCUT2D eigenvalue weighted by atomic mass is 32.2. The SMILES string of the molecule is O=S(Cc1ccccc1C(F)(F)F)c1ccc(F)cc1. The van der Waals surface area contributed by atoms with Gasteiger partial charge in [0.05, 0.1) is 22.1 Å². The van der Waals surface area contributed by atoms with Crippen molar-refractivity contribution >= 4 is 10.8 Å². The van der Waals surface area contributed by atoms with Gasteiger partial charge in [-0.3, -0.25) is 4.21 Å². The van der Waals surface area contributed by atoms with Gasteiger partial charge in [-0.15, -0.1) is 0 Å². The fourth-order valence-electron chi connectivity index (χ4n) is 1.73. The third-order valence-electron chi connectivity index (χ3n) is 2.69. The van der Waals surface area contributed by atoms with Crippen molar-refractivity contribution < 1.29 is 21.8 Å². The van der Waals surface area contributed by atoms with Crippen LogP contribution in [0.5, 0.6) is 0 Å². The van der Waals surface area contributed by atoms with E-state index >= 15 is 0 Å². The summed E-state index contributed by atoms with van der Waals surface area (Å²) in [6, 6.07) is 9.87. The molecular weight excluding hydrogens is 292 g/mol. The number of rotatable bonds is 3. The van der Waals surface area contributed by atoms with E-state index in [1.807, 2.05) is 0 Å². The van der Waals surface area contributed by atoms with Crippen LogP contribution in [0.1, 0.15) is 11.1 Å². The molecule has 1 atom stereocenters. The zero-order chi connectivity index (χ0) is 14.8. The molecular formula is C14H10F4OS. The molecule has 1 nitrogen and oxygen atoms in total. The lowest BCUT2D eigenvalue weighted by Gasteiger charge is -2.12. The van der Waals surface area contributed by atoms with Crippen molar-refractivity contribution in [2.75, 3.05) is 0 Å². The molecule has 0 N–H and O–H groups in total. The smallest absolute Gasteiger partial charge is 0.254 e. The molecule has 0 fully saturated rings. The van der Waals surface area contributed by atoms with Crippen molar-refractivity contribution in [3.63, 3.8) is 0 Å². The Morgan fingerprint density at radius 3 is 2.15 bits per heavy atom. The van der Waals surface area contributed by atoms with Crippen LogP contribution in [0.2, 0.25) is 0 Å². The van der Waals surface area contributed by atoms with Crippen molar-refractivity contribution in [2.24, 2.45) is 0 Å². The molecule has 0 bridgehead atoms. The molecule has 0 saturated carbocycles. The minimum Gasteiger partial charge on any atom is -0.254 e. The molecule has 0 aromatic heterocycles. The zero-order valence-corrected chi connectivity index (χ0v) is 11.0. The van der Waals surface area contributed by atoms with Crippen LogP contribution in [-0.2, 0) is 22.7 Å². The quantitative estimate of drug-likeness (QED) is 0.778. The van der Waals surface area contributed by atoms with Gasteiger partial charge in [0.15, 0.2) is 0 Å². The lowest BCUT2D eigenvalue weighted by Crippen LogP contribution is -2.10. The monoisotopic (exact) mass is 302 g/mol. The Bertz CT molecular complexity index is 620. The Kier molecular flexibility index (Phi) is 4.23. The van der Waals surface area contributed by atoms with E-state index in [4.69, 9.17) is 0 Å². The summed E-state index contributed by atoms with van der Waals surface area (Å²) >= 11 is 0. The van der Waals surface area contributed by atoms with Gasteiger partial charge < -0.3 is 0 Å². The van der Waals surface area contributed by atoms with Crippen molar-refractivity contribution in [2.45, 2.75) is 16.8 Å². The normalized spacial score (nSPS) is 13.2. The Hall–Kier alpha value is -1.69. The van der Waals surface area contributed by atoms with Gasteiger partial charge in [0, 0.05) is 4.90 Å². The summed E-state index contributed by atoms with van der Waals surface area (Å²) in [5.41, 5.74) is -0.835. The maximum absolute atomic E-state index is 12.8. The maximum atomic E-state index is 12.8. The van der Waals surface area contributed by atoms with Gasteiger partial charge in [0.2, 0.25) is 0 Å². The Morgan fingerprint density at radius 2 is 1.55 bits per heavy atom. The molecule has 2 aromatic carbocycles. The van der Waals surface area contributed by atoms with E-state index in [1.165, 1.54) is 30.3 Å². The van der Waals surface area contributed by atoms with Crippen LogP contribution in [0.25, 0.3) is 0 Å². The average molecular weight is 302 g/mol. The van der Waals surface area contributed by atoms with Gasteiger partial charge >= 0.3 is 6.18 Å². The van der Waals surface area contributed by atoms with Crippen LogP contribution in [0.15, 0.2) is 53.4 Å². The van der Waals surface area contributed by atoms with Crippen molar-refractivity contribution in [3.8, 4) is 0 Å². The molecule has 0 radical (unpaired) electrons. The Labute approximate surface area is 115 Å². The van der Waals surface area contributed by atoms with Crippen LogP contribution in [-0.4, -0.2) is 4.21 Å². The molecule has 0 heterocycles. The van der Waals surface area contributed by atoms with E-state index in [0.29, 0.717) is 4.90 Å². The predicted molar refractivity (Wildman–Crippen MR) is 68.0 cm³/mol. The topological polar surface area (TPSA) is 17.1 Å². The number of benzene rings is 2. The number of hydrogen-bond acceptors (Lipinski definition) is 1. The third kappa shape index (κ3) is 3.45. The van der Waals surface area contributed by atoms with E-state index < -0.39 is 28.4 Å². The first-order chi connectivity index (χ1) is 9.38. The first-order valence-corrected chi connectivity index (χ1v) is 6.99. The number of alkyl halides is 3. The molecule has 0 saturated heterocycles. The summed E-state index contributed by atoms with van der Waals surface area (Å²) < 4.78 is 63.2. The first kappa shape index (κ1) is 14.7. The first-order valence-electron chi connectivity index (χ1n) is 5.67. The summed E-state index contributed by atoms with van der Waals surface area (Å²) in [7, 11) is -1.65.